The number of imidazole rings is 1. The lowest BCUT2D eigenvalue weighted by Gasteiger charge is -2.29. The lowest BCUT2D eigenvalue weighted by atomic mass is 9.91. The van der Waals surface area contributed by atoms with E-state index in [4.69, 9.17) is 21.1 Å². The zero-order chi connectivity index (χ0) is 23.1. The average molecular weight is 445 g/mol. The highest BCUT2D eigenvalue weighted by Crippen LogP contribution is 2.39. The van der Waals surface area contributed by atoms with E-state index >= 15 is 0 Å². The predicted molar refractivity (Wildman–Crippen MR) is 118 cm³/mol. The number of pyridine rings is 1. The number of esters is 1. The van der Waals surface area contributed by atoms with Gasteiger partial charge in [0.1, 0.15) is 5.65 Å². The number of halogens is 1. The normalized spacial score (nSPS) is 12.7. The Kier molecular flexibility index (Phi) is 6.11. The minimum atomic E-state index is -1.13. The van der Waals surface area contributed by atoms with Gasteiger partial charge in [0.25, 0.3) is 0 Å². The van der Waals surface area contributed by atoms with Crippen LogP contribution in [0.1, 0.15) is 54.2 Å². The third-order valence-corrected chi connectivity index (χ3v) is 5.19. The fourth-order valence-electron chi connectivity index (χ4n) is 3.62. The molecule has 0 unspecified atom stereocenters. The van der Waals surface area contributed by atoms with Crippen molar-refractivity contribution in [2.45, 2.75) is 46.3 Å². The van der Waals surface area contributed by atoms with Crippen LogP contribution in [0.5, 0.6) is 0 Å². The van der Waals surface area contributed by atoms with Crippen molar-refractivity contribution in [3.8, 4) is 11.1 Å². The summed E-state index contributed by atoms with van der Waals surface area (Å²) >= 11 is 6.09. The summed E-state index contributed by atoms with van der Waals surface area (Å²) in [5.74, 6) is -1.68. The van der Waals surface area contributed by atoms with Crippen LogP contribution in [0.15, 0.2) is 30.5 Å². The van der Waals surface area contributed by atoms with Gasteiger partial charge in [0, 0.05) is 28.0 Å². The lowest BCUT2D eigenvalue weighted by Crippen LogP contribution is -2.29. The lowest BCUT2D eigenvalue weighted by molar-refractivity contribution is -0.164. The number of rotatable bonds is 5. The van der Waals surface area contributed by atoms with Crippen molar-refractivity contribution < 1.29 is 24.2 Å². The molecule has 0 aliphatic rings. The minimum absolute atomic E-state index is 0.0863. The molecule has 0 bridgehead atoms. The fourth-order valence-corrected chi connectivity index (χ4v) is 3.75. The summed E-state index contributed by atoms with van der Waals surface area (Å²) in [4.78, 5) is 28.7. The molecule has 0 fully saturated rings. The minimum Gasteiger partial charge on any atom is -0.476 e. The molecule has 3 rings (SSSR count). The maximum atomic E-state index is 12.9. The molecule has 0 aliphatic heterocycles. The summed E-state index contributed by atoms with van der Waals surface area (Å²) in [7, 11) is 1.31. The number of methoxy groups -OCH3 is 1. The van der Waals surface area contributed by atoms with Crippen LogP contribution in [0.25, 0.3) is 16.8 Å². The molecule has 2 aromatic heterocycles. The number of hydrogen-bond acceptors (Lipinski definition) is 5. The highest BCUT2D eigenvalue weighted by Gasteiger charge is 2.34. The molecule has 8 heteroatoms. The first-order valence-corrected chi connectivity index (χ1v) is 10.1. The van der Waals surface area contributed by atoms with Gasteiger partial charge in [-0.3, -0.25) is 0 Å². The predicted octanol–water partition coefficient (Wildman–Crippen LogP) is 5.00. The number of carbonyl (C=O) groups is 2. The van der Waals surface area contributed by atoms with Crippen LogP contribution in [0, 0.1) is 13.8 Å². The number of benzene rings is 1. The third kappa shape index (κ3) is 4.43. The van der Waals surface area contributed by atoms with Gasteiger partial charge in [-0.1, -0.05) is 23.7 Å². The van der Waals surface area contributed by atoms with E-state index < -0.39 is 23.6 Å². The van der Waals surface area contributed by atoms with E-state index in [0.29, 0.717) is 27.5 Å². The van der Waals surface area contributed by atoms with Crippen molar-refractivity contribution >= 4 is 29.2 Å². The molecule has 0 amide bonds. The summed E-state index contributed by atoms with van der Waals surface area (Å²) < 4.78 is 12.9. The molecule has 31 heavy (non-hydrogen) atoms. The van der Waals surface area contributed by atoms with Gasteiger partial charge in [-0.2, -0.15) is 0 Å². The number of aryl methyl sites for hydroxylation is 2. The Morgan fingerprint density at radius 1 is 1.16 bits per heavy atom. The molecular formula is C23H25ClN2O5. The van der Waals surface area contributed by atoms with Crippen molar-refractivity contribution in [1.82, 2.24) is 9.38 Å². The van der Waals surface area contributed by atoms with Crippen LogP contribution in [-0.4, -0.2) is 39.1 Å². The molecule has 1 aromatic carbocycles. The highest BCUT2D eigenvalue weighted by atomic mass is 35.5. The zero-order valence-corrected chi connectivity index (χ0v) is 19.1. The number of carboxylic acids is 1. The molecule has 1 N–H and O–H groups in total. The molecule has 0 radical (unpaired) electrons. The summed E-state index contributed by atoms with van der Waals surface area (Å²) in [6.45, 7) is 9.20. The molecule has 7 nitrogen and oxygen atoms in total. The van der Waals surface area contributed by atoms with E-state index in [1.54, 1.807) is 23.5 Å². The smallest absolute Gasteiger partial charge is 0.356 e. The molecule has 0 spiro atoms. The Morgan fingerprint density at radius 2 is 1.77 bits per heavy atom. The number of hydrogen-bond donors (Lipinski definition) is 1. The van der Waals surface area contributed by atoms with Gasteiger partial charge in [-0.05, 0) is 57.9 Å². The molecule has 0 aliphatic carbocycles. The van der Waals surface area contributed by atoms with E-state index in [0.717, 1.165) is 11.1 Å². The zero-order valence-electron chi connectivity index (χ0n) is 18.3. The Balaban J connectivity index is 2.44. The first-order chi connectivity index (χ1) is 14.4. The largest absolute Gasteiger partial charge is 0.476 e. The van der Waals surface area contributed by atoms with E-state index in [1.165, 1.54) is 13.3 Å². The maximum Gasteiger partial charge on any atom is 0.356 e. The number of aromatic nitrogens is 2. The first-order valence-electron chi connectivity index (χ1n) is 9.71. The molecular weight excluding hydrogens is 420 g/mol. The van der Waals surface area contributed by atoms with Gasteiger partial charge in [0.15, 0.2) is 11.8 Å². The topological polar surface area (TPSA) is 90.1 Å². The van der Waals surface area contributed by atoms with Crippen molar-refractivity contribution in [3.63, 3.8) is 0 Å². The van der Waals surface area contributed by atoms with Gasteiger partial charge in [0.05, 0.1) is 12.7 Å². The van der Waals surface area contributed by atoms with Gasteiger partial charge < -0.3 is 19.0 Å². The second-order valence-electron chi connectivity index (χ2n) is 8.26. The SMILES string of the molecule is COC(=O)[C@@H](OC(C)(C)C)c1c(-c2ccc(Cl)cc2)c(C)c2nc(C(=O)O)cn2c1C. The summed E-state index contributed by atoms with van der Waals surface area (Å²) in [5.41, 5.74) is 3.21. The van der Waals surface area contributed by atoms with Crippen LogP contribution in [0.4, 0.5) is 0 Å². The van der Waals surface area contributed by atoms with Crippen LogP contribution in [0.2, 0.25) is 5.02 Å². The maximum absolute atomic E-state index is 12.9. The second kappa shape index (κ2) is 8.32. The molecule has 1 atom stereocenters. The van der Waals surface area contributed by atoms with Crippen LogP contribution < -0.4 is 0 Å². The molecule has 3 aromatic rings. The number of nitrogens with zero attached hydrogens (tertiary/aromatic N) is 2. The van der Waals surface area contributed by atoms with Crippen LogP contribution in [-0.2, 0) is 14.3 Å². The number of carbonyl (C=O) groups excluding carboxylic acids is 1. The summed E-state index contributed by atoms with van der Waals surface area (Å²) in [6, 6.07) is 7.20. The third-order valence-electron chi connectivity index (χ3n) is 4.94. The van der Waals surface area contributed by atoms with E-state index in [1.807, 2.05) is 39.8 Å². The van der Waals surface area contributed by atoms with Gasteiger partial charge in [-0.15, -0.1) is 0 Å². The van der Waals surface area contributed by atoms with Crippen molar-refractivity contribution in [3.05, 3.63) is 58.0 Å². The molecule has 0 saturated carbocycles. The Bertz CT molecular complexity index is 1160. The van der Waals surface area contributed by atoms with Crippen molar-refractivity contribution in [2.75, 3.05) is 7.11 Å². The van der Waals surface area contributed by atoms with Crippen LogP contribution in [0.3, 0.4) is 0 Å². The summed E-state index contributed by atoms with van der Waals surface area (Å²) in [5, 5.41) is 10.0. The fraction of sp³-hybridized carbons (Fsp3) is 0.348. The highest BCUT2D eigenvalue weighted by molar-refractivity contribution is 6.30. The Hall–Kier alpha value is -2.90. The van der Waals surface area contributed by atoms with E-state index in [-0.39, 0.29) is 5.69 Å². The van der Waals surface area contributed by atoms with Crippen molar-refractivity contribution in [1.29, 1.82) is 0 Å². The molecule has 164 valence electrons. The first kappa shape index (κ1) is 22.8. The number of ether oxygens (including phenoxy) is 2. The summed E-state index contributed by atoms with van der Waals surface area (Å²) in [6.07, 6.45) is 0.412. The number of aromatic carboxylic acids is 1. The van der Waals surface area contributed by atoms with E-state index in [2.05, 4.69) is 4.98 Å². The number of fused-ring (bicyclic) bond motifs is 1. The Labute approximate surface area is 185 Å². The monoisotopic (exact) mass is 444 g/mol. The number of carboxylic acid groups (broad SMARTS) is 1. The standard InChI is InChI=1S/C23H25ClN2O5/c1-12-17(14-7-9-15(24)10-8-14)18(19(22(29)30-6)31-23(3,4)5)13(2)26-11-16(21(27)28)25-20(12)26/h7-11,19H,1-6H3,(H,27,28)/t19-/m0/s1. The van der Waals surface area contributed by atoms with Gasteiger partial charge in [-0.25, -0.2) is 14.6 Å². The van der Waals surface area contributed by atoms with E-state index in [9.17, 15) is 14.7 Å². The van der Waals surface area contributed by atoms with Crippen molar-refractivity contribution in [2.24, 2.45) is 0 Å². The Morgan fingerprint density at radius 3 is 2.29 bits per heavy atom. The average Bonchev–Trinajstić information content (AvgIpc) is 3.15. The van der Waals surface area contributed by atoms with Gasteiger partial charge in [0.2, 0.25) is 0 Å². The molecule has 0 saturated heterocycles. The quantitative estimate of drug-likeness (QED) is 0.557. The van der Waals surface area contributed by atoms with Gasteiger partial charge >= 0.3 is 11.9 Å². The van der Waals surface area contributed by atoms with Crippen LogP contribution >= 0.6 is 11.6 Å². The second-order valence-corrected chi connectivity index (χ2v) is 8.70. The molecule has 2 heterocycles.